The number of anilines is 1. The number of pyridine rings is 1. The minimum atomic E-state index is -0.832. The molecule has 0 bridgehead atoms. The Morgan fingerprint density at radius 1 is 0.898 bits per heavy atom. The Hall–Kier alpha value is -5.27. The van der Waals surface area contributed by atoms with Crippen molar-refractivity contribution in [3.8, 4) is 28.5 Å². The van der Waals surface area contributed by atoms with Gasteiger partial charge in [-0.2, -0.15) is 5.26 Å². The molecule has 6 rings (SSSR count). The topological polar surface area (TPSA) is 117 Å². The standard InChI is InChI=1S/C38H25Cl2N3O5S/c1-22-7-9-23(10-8-22)28-18-32(24-5-3-2-4-6-24)42-36(29(28)20-41)49-34-19-35(45)43(37(34)46)27-14-11-25(12-15-27)38(47)48-21-33(44)26-13-16-30(39)31(40)17-26/h2-18,34H,19,21H2,1H3. The summed E-state index contributed by atoms with van der Waals surface area (Å²) in [5.41, 5.74) is 5.00. The Morgan fingerprint density at radius 3 is 2.27 bits per heavy atom. The Morgan fingerprint density at radius 2 is 1.59 bits per heavy atom. The quantitative estimate of drug-likeness (QED) is 0.0853. The second kappa shape index (κ2) is 14.5. The lowest BCUT2D eigenvalue weighted by atomic mass is 9.98. The first-order chi connectivity index (χ1) is 23.6. The van der Waals surface area contributed by atoms with Crippen LogP contribution in [0.15, 0.2) is 108 Å². The van der Waals surface area contributed by atoms with Gasteiger partial charge in [-0.1, -0.05) is 95.1 Å². The van der Waals surface area contributed by atoms with E-state index in [9.17, 15) is 24.4 Å². The Balaban J connectivity index is 1.20. The van der Waals surface area contributed by atoms with Gasteiger partial charge in [-0.25, -0.2) is 14.7 Å². The van der Waals surface area contributed by atoms with Crippen LogP contribution in [0.2, 0.25) is 10.0 Å². The summed E-state index contributed by atoms with van der Waals surface area (Å²) in [7, 11) is 0. The third kappa shape index (κ3) is 7.27. The highest BCUT2D eigenvalue weighted by Gasteiger charge is 2.41. The van der Waals surface area contributed by atoms with E-state index in [1.54, 1.807) is 0 Å². The second-order valence-electron chi connectivity index (χ2n) is 11.1. The number of esters is 1. The zero-order valence-corrected chi connectivity index (χ0v) is 28.2. The van der Waals surface area contributed by atoms with Crippen LogP contribution in [0, 0.1) is 18.3 Å². The molecule has 4 aromatic carbocycles. The monoisotopic (exact) mass is 705 g/mol. The fourth-order valence-electron chi connectivity index (χ4n) is 5.25. The van der Waals surface area contributed by atoms with Crippen molar-refractivity contribution in [2.24, 2.45) is 0 Å². The summed E-state index contributed by atoms with van der Waals surface area (Å²) in [4.78, 5) is 57.8. The molecular weight excluding hydrogens is 681 g/mol. The number of carbonyl (C=O) groups is 4. The van der Waals surface area contributed by atoms with Crippen LogP contribution in [0.4, 0.5) is 5.69 Å². The number of halogens is 2. The largest absolute Gasteiger partial charge is 0.454 e. The molecule has 11 heteroatoms. The van der Waals surface area contributed by atoms with Crippen LogP contribution >= 0.6 is 35.0 Å². The number of amides is 2. The molecule has 49 heavy (non-hydrogen) atoms. The number of benzene rings is 4. The van der Waals surface area contributed by atoms with Gasteiger partial charge in [0.15, 0.2) is 12.4 Å². The van der Waals surface area contributed by atoms with Gasteiger partial charge in [0.05, 0.1) is 37.8 Å². The second-order valence-corrected chi connectivity index (χ2v) is 13.1. The van der Waals surface area contributed by atoms with Gasteiger partial charge in [-0.15, -0.1) is 0 Å². The highest BCUT2D eigenvalue weighted by molar-refractivity contribution is 8.00. The molecule has 8 nitrogen and oxygen atoms in total. The average Bonchev–Trinajstić information content (AvgIpc) is 3.40. The SMILES string of the molecule is Cc1ccc(-c2cc(-c3ccccc3)nc(SC3CC(=O)N(c4ccc(C(=O)OCC(=O)c5ccc(Cl)c(Cl)c5)cc4)C3=O)c2C#N)cc1. The summed E-state index contributed by atoms with van der Waals surface area (Å²) in [6.45, 7) is 1.46. The van der Waals surface area contributed by atoms with Gasteiger partial charge in [0.2, 0.25) is 11.8 Å². The van der Waals surface area contributed by atoms with E-state index in [1.807, 2.05) is 67.6 Å². The van der Waals surface area contributed by atoms with Gasteiger partial charge in [0.25, 0.3) is 0 Å². The predicted octanol–water partition coefficient (Wildman–Crippen LogP) is 8.37. The molecule has 5 aromatic rings. The minimum Gasteiger partial charge on any atom is -0.454 e. The number of imide groups is 1. The van der Waals surface area contributed by atoms with Crippen LogP contribution in [-0.2, 0) is 14.3 Å². The molecule has 0 saturated carbocycles. The maximum atomic E-state index is 13.7. The minimum absolute atomic E-state index is 0.105. The third-order valence-electron chi connectivity index (χ3n) is 7.83. The Bertz CT molecular complexity index is 2150. The molecule has 1 fully saturated rings. The molecule has 0 radical (unpaired) electrons. The first-order valence-corrected chi connectivity index (χ1v) is 16.6. The van der Waals surface area contributed by atoms with Gasteiger partial charge in [-0.3, -0.25) is 14.4 Å². The van der Waals surface area contributed by atoms with E-state index in [-0.39, 0.29) is 28.3 Å². The molecule has 0 aliphatic carbocycles. The van der Waals surface area contributed by atoms with Crippen molar-refractivity contribution in [2.75, 3.05) is 11.5 Å². The van der Waals surface area contributed by atoms with Gasteiger partial charge in [0, 0.05) is 23.1 Å². The Kier molecular flexibility index (Phi) is 9.92. The summed E-state index contributed by atoms with van der Waals surface area (Å²) in [6, 6.07) is 31.6. The third-order valence-corrected chi connectivity index (χ3v) is 9.74. The maximum Gasteiger partial charge on any atom is 0.338 e. The number of Topliss-reactive ketones (excluding diaryl/α,β-unsaturated/α-hetero) is 1. The van der Waals surface area contributed by atoms with Crippen LogP contribution in [0.25, 0.3) is 22.4 Å². The van der Waals surface area contributed by atoms with Crippen molar-refractivity contribution >= 4 is 64.2 Å². The van der Waals surface area contributed by atoms with E-state index < -0.39 is 35.4 Å². The number of rotatable bonds is 9. The summed E-state index contributed by atoms with van der Waals surface area (Å²) in [5.74, 6) is -2.12. The van der Waals surface area contributed by atoms with Crippen LogP contribution in [-0.4, -0.2) is 40.4 Å². The summed E-state index contributed by atoms with van der Waals surface area (Å²) >= 11 is 12.9. The van der Waals surface area contributed by atoms with E-state index in [1.165, 1.54) is 42.5 Å². The van der Waals surface area contributed by atoms with Gasteiger partial charge < -0.3 is 4.74 Å². The number of carbonyl (C=O) groups excluding carboxylic acids is 4. The fourth-order valence-corrected chi connectivity index (χ4v) is 6.67. The van der Waals surface area contributed by atoms with Gasteiger partial charge >= 0.3 is 5.97 Å². The molecule has 2 heterocycles. The zero-order chi connectivity index (χ0) is 34.7. The van der Waals surface area contributed by atoms with E-state index in [0.29, 0.717) is 26.9 Å². The number of thioether (sulfide) groups is 1. The number of ether oxygens (including phenoxy) is 1. The Labute approximate surface area is 296 Å². The van der Waals surface area contributed by atoms with Crippen molar-refractivity contribution in [2.45, 2.75) is 23.6 Å². The molecule has 242 valence electrons. The fraction of sp³-hybridized carbons (Fsp3) is 0.105. The van der Waals surface area contributed by atoms with Crippen LogP contribution in [0.1, 0.15) is 38.3 Å². The highest BCUT2D eigenvalue weighted by atomic mass is 35.5. The van der Waals surface area contributed by atoms with Crippen LogP contribution < -0.4 is 4.90 Å². The molecule has 1 aliphatic rings. The van der Waals surface area contributed by atoms with Crippen molar-refractivity contribution in [3.63, 3.8) is 0 Å². The average molecular weight is 707 g/mol. The molecule has 2 amide bonds. The van der Waals surface area contributed by atoms with Crippen LogP contribution in [0.5, 0.6) is 0 Å². The smallest absolute Gasteiger partial charge is 0.338 e. The lowest BCUT2D eigenvalue weighted by Gasteiger charge is -2.16. The highest BCUT2D eigenvalue weighted by Crippen LogP contribution is 2.39. The molecular formula is C38H25Cl2N3O5S. The number of aromatic nitrogens is 1. The van der Waals surface area contributed by atoms with Crippen molar-refractivity contribution in [3.05, 3.63) is 135 Å². The predicted molar refractivity (Wildman–Crippen MR) is 189 cm³/mol. The first-order valence-electron chi connectivity index (χ1n) is 15.0. The number of hydrogen-bond acceptors (Lipinski definition) is 8. The molecule has 1 saturated heterocycles. The maximum absolute atomic E-state index is 13.7. The molecule has 1 atom stereocenters. The lowest BCUT2D eigenvalue weighted by molar-refractivity contribution is -0.121. The number of nitriles is 1. The molecule has 1 unspecified atom stereocenters. The zero-order valence-electron chi connectivity index (χ0n) is 25.9. The van der Waals surface area contributed by atoms with E-state index in [4.69, 9.17) is 32.9 Å². The van der Waals surface area contributed by atoms with E-state index in [0.717, 1.165) is 33.4 Å². The van der Waals surface area contributed by atoms with Crippen molar-refractivity contribution < 1.29 is 23.9 Å². The van der Waals surface area contributed by atoms with Gasteiger partial charge in [0.1, 0.15) is 11.1 Å². The van der Waals surface area contributed by atoms with Crippen molar-refractivity contribution in [1.29, 1.82) is 5.26 Å². The number of nitrogens with zero attached hydrogens (tertiary/aromatic N) is 3. The van der Waals surface area contributed by atoms with E-state index >= 15 is 0 Å². The normalized spacial score (nSPS) is 14.1. The summed E-state index contributed by atoms with van der Waals surface area (Å²) < 4.78 is 5.17. The number of ketones is 1. The summed E-state index contributed by atoms with van der Waals surface area (Å²) in [6.07, 6.45) is -0.105. The van der Waals surface area contributed by atoms with Crippen LogP contribution in [0.3, 0.4) is 0 Å². The number of hydrogen-bond donors (Lipinski definition) is 0. The van der Waals surface area contributed by atoms with E-state index in [2.05, 4.69) is 6.07 Å². The summed E-state index contributed by atoms with van der Waals surface area (Å²) in [5, 5.41) is 10.3. The molecule has 1 aliphatic heterocycles. The molecule has 0 spiro atoms. The molecule has 0 N–H and O–H groups in total. The number of aryl methyl sites for hydroxylation is 1. The van der Waals surface area contributed by atoms with Crippen molar-refractivity contribution in [1.82, 2.24) is 4.98 Å². The lowest BCUT2D eigenvalue weighted by Crippen LogP contribution is -2.31. The first kappa shape index (κ1) is 33.6. The molecule has 1 aromatic heterocycles. The van der Waals surface area contributed by atoms with Gasteiger partial charge in [-0.05, 0) is 61.0 Å².